The second kappa shape index (κ2) is 5.94. The molecule has 102 valence electrons. The monoisotopic (exact) mass is 278 g/mol. The lowest BCUT2D eigenvalue weighted by atomic mass is 10.2. The molecule has 2 rings (SSSR count). The molecule has 0 aromatic carbocycles. The first-order chi connectivity index (χ1) is 9.15. The highest BCUT2D eigenvalue weighted by atomic mass is 32.1. The number of nitrogens with zero attached hydrogens (tertiary/aromatic N) is 3. The molecule has 19 heavy (non-hydrogen) atoms. The molecule has 2 aromatic rings. The van der Waals surface area contributed by atoms with Gasteiger partial charge in [0.05, 0.1) is 6.04 Å². The van der Waals surface area contributed by atoms with Crippen molar-refractivity contribution in [1.29, 1.82) is 0 Å². The largest absolute Gasteiger partial charge is 0.361 e. The van der Waals surface area contributed by atoms with E-state index >= 15 is 0 Å². The van der Waals surface area contributed by atoms with E-state index in [1.165, 1.54) is 0 Å². The number of hydrogen-bond donors (Lipinski definition) is 3. The number of nitrogens with two attached hydrogens (primary N) is 1. The molecule has 4 N–H and O–H groups in total. The van der Waals surface area contributed by atoms with Crippen LogP contribution >= 0.6 is 11.3 Å². The summed E-state index contributed by atoms with van der Waals surface area (Å²) >= 11 is 1.62. The van der Waals surface area contributed by atoms with E-state index < -0.39 is 0 Å². The minimum atomic E-state index is 0.101. The third kappa shape index (κ3) is 2.99. The average Bonchev–Trinajstić information content (AvgIpc) is 2.95. The SMILES string of the molecule is CCc1nc(NN)c(C)c(NC(C)c2nccs2)n1. The first-order valence-electron chi connectivity index (χ1n) is 6.15. The van der Waals surface area contributed by atoms with E-state index in [0.29, 0.717) is 5.82 Å². The zero-order chi connectivity index (χ0) is 13.8. The van der Waals surface area contributed by atoms with Crippen LogP contribution in [0.25, 0.3) is 0 Å². The van der Waals surface area contributed by atoms with Crippen LogP contribution in [0.2, 0.25) is 0 Å². The van der Waals surface area contributed by atoms with Crippen LogP contribution in [0.15, 0.2) is 11.6 Å². The van der Waals surface area contributed by atoms with Gasteiger partial charge in [-0.05, 0) is 13.8 Å². The zero-order valence-corrected chi connectivity index (χ0v) is 12.1. The molecule has 0 amide bonds. The summed E-state index contributed by atoms with van der Waals surface area (Å²) in [6, 6.07) is 0.101. The first kappa shape index (κ1) is 13.7. The van der Waals surface area contributed by atoms with Crippen LogP contribution in [0.1, 0.15) is 36.3 Å². The molecule has 0 spiro atoms. The topological polar surface area (TPSA) is 88.8 Å². The summed E-state index contributed by atoms with van der Waals surface area (Å²) in [5.41, 5.74) is 3.52. The van der Waals surface area contributed by atoms with Crippen molar-refractivity contribution in [3.63, 3.8) is 0 Å². The number of thiazole rings is 1. The minimum absolute atomic E-state index is 0.101. The fourth-order valence-electron chi connectivity index (χ4n) is 1.72. The van der Waals surface area contributed by atoms with Crippen LogP contribution in [0.5, 0.6) is 0 Å². The molecule has 0 aliphatic rings. The maximum Gasteiger partial charge on any atom is 0.148 e. The number of aryl methyl sites for hydroxylation is 1. The maximum atomic E-state index is 5.49. The van der Waals surface area contributed by atoms with Crippen LogP contribution in [-0.4, -0.2) is 15.0 Å². The molecule has 0 saturated carbocycles. The Morgan fingerprint density at radius 2 is 2.11 bits per heavy atom. The number of nitrogen functional groups attached to an aromatic ring is 1. The van der Waals surface area contributed by atoms with Crippen LogP contribution in [0, 0.1) is 6.92 Å². The molecule has 2 aromatic heterocycles. The number of hydrazine groups is 1. The van der Waals surface area contributed by atoms with Crippen molar-refractivity contribution >= 4 is 23.0 Å². The van der Waals surface area contributed by atoms with Gasteiger partial charge < -0.3 is 10.7 Å². The summed E-state index contributed by atoms with van der Waals surface area (Å²) in [7, 11) is 0. The van der Waals surface area contributed by atoms with Gasteiger partial charge in [0.25, 0.3) is 0 Å². The quantitative estimate of drug-likeness (QED) is 0.574. The van der Waals surface area contributed by atoms with E-state index in [1.807, 2.05) is 19.2 Å². The van der Waals surface area contributed by atoms with E-state index in [4.69, 9.17) is 5.84 Å². The van der Waals surface area contributed by atoms with Crippen molar-refractivity contribution in [2.75, 3.05) is 10.7 Å². The Labute approximate surface area is 116 Å². The third-order valence-corrected chi connectivity index (χ3v) is 3.78. The summed E-state index contributed by atoms with van der Waals surface area (Å²) in [5.74, 6) is 7.69. The molecule has 0 aliphatic carbocycles. The van der Waals surface area contributed by atoms with E-state index in [1.54, 1.807) is 17.5 Å². The van der Waals surface area contributed by atoms with Crippen molar-refractivity contribution in [2.24, 2.45) is 5.84 Å². The van der Waals surface area contributed by atoms with Crippen molar-refractivity contribution in [3.05, 3.63) is 28.0 Å². The molecule has 1 unspecified atom stereocenters. The van der Waals surface area contributed by atoms with Gasteiger partial charge in [0.1, 0.15) is 22.5 Å². The molecule has 0 aliphatic heterocycles. The number of aromatic nitrogens is 3. The van der Waals surface area contributed by atoms with E-state index in [2.05, 4.69) is 32.6 Å². The zero-order valence-electron chi connectivity index (χ0n) is 11.3. The van der Waals surface area contributed by atoms with Gasteiger partial charge >= 0.3 is 0 Å². The Hall–Kier alpha value is -1.73. The highest BCUT2D eigenvalue weighted by Gasteiger charge is 2.14. The number of nitrogens with one attached hydrogen (secondary N) is 2. The second-order valence-corrected chi connectivity index (χ2v) is 5.12. The summed E-state index contributed by atoms with van der Waals surface area (Å²) < 4.78 is 0. The lowest BCUT2D eigenvalue weighted by Crippen LogP contribution is -2.16. The Balaban J connectivity index is 2.28. The molecule has 0 fully saturated rings. The standard InChI is InChI=1S/C12H18N6S/c1-4-9-16-10(7(2)11(17-9)18-13)15-8(3)12-14-5-6-19-12/h5-6,8H,4,13H2,1-3H3,(H2,15,16,17,18). The van der Waals surface area contributed by atoms with Crippen molar-refractivity contribution < 1.29 is 0 Å². The predicted octanol–water partition coefficient (Wildman–Crippen LogP) is 2.26. The van der Waals surface area contributed by atoms with Gasteiger partial charge in [-0.3, -0.25) is 0 Å². The smallest absolute Gasteiger partial charge is 0.148 e. The van der Waals surface area contributed by atoms with Gasteiger partial charge in [0, 0.05) is 23.6 Å². The minimum Gasteiger partial charge on any atom is -0.361 e. The molecule has 0 saturated heterocycles. The van der Waals surface area contributed by atoms with E-state index in [0.717, 1.165) is 28.6 Å². The summed E-state index contributed by atoms with van der Waals surface area (Å²) in [5, 5.41) is 6.35. The van der Waals surface area contributed by atoms with E-state index in [-0.39, 0.29) is 6.04 Å². The Bertz CT molecular complexity index is 539. The Morgan fingerprint density at radius 3 is 2.68 bits per heavy atom. The number of hydrogen-bond acceptors (Lipinski definition) is 7. The molecule has 0 bridgehead atoms. The van der Waals surface area contributed by atoms with Gasteiger partial charge in [0.2, 0.25) is 0 Å². The maximum absolute atomic E-state index is 5.49. The lowest BCUT2D eigenvalue weighted by Gasteiger charge is -2.16. The fraction of sp³-hybridized carbons (Fsp3) is 0.417. The van der Waals surface area contributed by atoms with Gasteiger partial charge in [-0.2, -0.15) is 0 Å². The lowest BCUT2D eigenvalue weighted by molar-refractivity contribution is 0.841. The van der Waals surface area contributed by atoms with Crippen LogP contribution in [0.4, 0.5) is 11.6 Å². The second-order valence-electron chi connectivity index (χ2n) is 4.20. The Morgan fingerprint density at radius 1 is 1.37 bits per heavy atom. The molecule has 2 heterocycles. The number of anilines is 2. The molecule has 0 radical (unpaired) electrons. The molecular formula is C12H18N6S. The number of rotatable bonds is 5. The van der Waals surface area contributed by atoms with Crippen molar-refractivity contribution in [1.82, 2.24) is 15.0 Å². The van der Waals surface area contributed by atoms with Gasteiger partial charge in [-0.15, -0.1) is 11.3 Å². The van der Waals surface area contributed by atoms with Crippen LogP contribution in [-0.2, 0) is 6.42 Å². The highest BCUT2D eigenvalue weighted by molar-refractivity contribution is 7.09. The van der Waals surface area contributed by atoms with Crippen molar-refractivity contribution in [2.45, 2.75) is 33.2 Å². The molecule has 7 heteroatoms. The normalized spacial score (nSPS) is 12.2. The van der Waals surface area contributed by atoms with Crippen LogP contribution < -0.4 is 16.6 Å². The van der Waals surface area contributed by atoms with Crippen LogP contribution in [0.3, 0.4) is 0 Å². The molecule has 1 atom stereocenters. The average molecular weight is 278 g/mol. The fourth-order valence-corrected chi connectivity index (χ4v) is 2.36. The van der Waals surface area contributed by atoms with Gasteiger partial charge in [-0.1, -0.05) is 6.92 Å². The van der Waals surface area contributed by atoms with E-state index in [9.17, 15) is 0 Å². The first-order valence-corrected chi connectivity index (χ1v) is 7.03. The van der Waals surface area contributed by atoms with Gasteiger partial charge in [0.15, 0.2) is 0 Å². The third-order valence-electron chi connectivity index (χ3n) is 2.82. The van der Waals surface area contributed by atoms with Gasteiger partial charge in [-0.25, -0.2) is 20.8 Å². The summed E-state index contributed by atoms with van der Waals surface area (Å²) in [6.45, 7) is 6.01. The predicted molar refractivity (Wildman–Crippen MR) is 78.1 cm³/mol. The summed E-state index contributed by atoms with van der Waals surface area (Å²) in [6.07, 6.45) is 2.56. The Kier molecular flexibility index (Phi) is 4.28. The summed E-state index contributed by atoms with van der Waals surface area (Å²) in [4.78, 5) is 13.1. The highest BCUT2D eigenvalue weighted by Crippen LogP contribution is 2.25. The van der Waals surface area contributed by atoms with Crippen molar-refractivity contribution in [3.8, 4) is 0 Å². The molecule has 6 nitrogen and oxygen atoms in total. The molecular weight excluding hydrogens is 260 g/mol.